The number of hydrogen-bond acceptors (Lipinski definition) is 3. The molecule has 4 nitrogen and oxygen atoms in total. The molecule has 2 aromatic heterocycles. The maximum atomic E-state index is 12.7. The van der Waals surface area contributed by atoms with Gasteiger partial charge in [-0.25, -0.2) is 4.98 Å². The Labute approximate surface area is 157 Å². The summed E-state index contributed by atoms with van der Waals surface area (Å²) in [5.74, 6) is 1.50. The molecule has 1 aliphatic carbocycles. The Morgan fingerprint density at radius 3 is 2.96 bits per heavy atom. The lowest BCUT2D eigenvalue weighted by atomic mass is 9.89. The van der Waals surface area contributed by atoms with Gasteiger partial charge in [-0.3, -0.25) is 4.79 Å². The summed E-state index contributed by atoms with van der Waals surface area (Å²) in [6.45, 7) is 5.39. The Kier molecular flexibility index (Phi) is 4.92. The van der Waals surface area contributed by atoms with E-state index in [4.69, 9.17) is 4.98 Å². The molecule has 0 saturated heterocycles. The highest BCUT2D eigenvalue weighted by atomic mass is 32.1. The molecule has 4 rings (SSSR count). The summed E-state index contributed by atoms with van der Waals surface area (Å²) in [5.41, 5.74) is 2.64. The van der Waals surface area contributed by atoms with Crippen molar-refractivity contribution in [3.63, 3.8) is 0 Å². The minimum atomic E-state index is 0.0420. The van der Waals surface area contributed by atoms with E-state index in [0.29, 0.717) is 5.92 Å². The van der Waals surface area contributed by atoms with Crippen molar-refractivity contribution in [1.29, 1.82) is 0 Å². The molecule has 1 aromatic carbocycles. The minimum Gasteiger partial charge on any atom is -0.337 e. The molecule has 2 heterocycles. The molecule has 0 unspecified atom stereocenters. The Hall–Kier alpha value is -1.98. The van der Waals surface area contributed by atoms with Crippen molar-refractivity contribution >= 4 is 21.6 Å². The SMILES string of the molecule is C[C@@H]1CCc2c(sc3nc([C@H](C)[NH2+]CCc4ccccc4)[nH]c(=O)c23)C1. The number of thiophene rings is 1. The number of quaternary nitrogens is 1. The van der Waals surface area contributed by atoms with E-state index < -0.39 is 0 Å². The first-order chi connectivity index (χ1) is 12.6. The molecular weight excluding hydrogens is 342 g/mol. The van der Waals surface area contributed by atoms with E-state index >= 15 is 0 Å². The standard InChI is InChI=1S/C21H25N3OS/c1-13-8-9-16-17(12-13)26-21-18(16)20(25)23-19(24-21)14(2)22-11-10-15-6-4-3-5-7-15/h3-7,13-14,22H,8-12H2,1-2H3,(H,23,24,25)/p+1/t13-,14+/m1/s1. The summed E-state index contributed by atoms with van der Waals surface area (Å²) in [5, 5.41) is 3.10. The van der Waals surface area contributed by atoms with Gasteiger partial charge in [0, 0.05) is 11.3 Å². The molecule has 1 aliphatic rings. The lowest BCUT2D eigenvalue weighted by Crippen LogP contribution is -2.85. The third-order valence-corrected chi connectivity index (χ3v) is 6.56. The van der Waals surface area contributed by atoms with Crippen LogP contribution in [-0.2, 0) is 19.3 Å². The minimum absolute atomic E-state index is 0.0420. The van der Waals surface area contributed by atoms with Crippen LogP contribution in [0.5, 0.6) is 0 Å². The summed E-state index contributed by atoms with van der Waals surface area (Å²) in [4.78, 5) is 22.9. The van der Waals surface area contributed by atoms with Gasteiger partial charge < -0.3 is 10.3 Å². The second-order valence-electron chi connectivity index (χ2n) is 7.53. The molecule has 2 atom stereocenters. The smallest absolute Gasteiger partial charge is 0.260 e. The van der Waals surface area contributed by atoms with Gasteiger partial charge in [0.15, 0.2) is 5.82 Å². The zero-order valence-electron chi connectivity index (χ0n) is 15.4. The number of nitrogens with two attached hydrogens (primary N) is 1. The first kappa shape index (κ1) is 17.4. The molecular formula is C21H26N3OS+. The van der Waals surface area contributed by atoms with Crippen LogP contribution in [0.15, 0.2) is 35.1 Å². The van der Waals surface area contributed by atoms with Crippen LogP contribution >= 0.6 is 11.3 Å². The van der Waals surface area contributed by atoms with Crippen molar-refractivity contribution in [2.45, 2.75) is 45.6 Å². The first-order valence-electron chi connectivity index (χ1n) is 9.53. The predicted octanol–water partition coefficient (Wildman–Crippen LogP) is 2.98. The Bertz CT molecular complexity index is 961. The van der Waals surface area contributed by atoms with Gasteiger partial charge in [-0.15, -0.1) is 11.3 Å². The molecule has 3 aromatic rings. The molecule has 0 bridgehead atoms. The number of aryl methyl sites for hydroxylation is 1. The van der Waals surface area contributed by atoms with Crippen LogP contribution in [0.2, 0.25) is 0 Å². The van der Waals surface area contributed by atoms with Crippen LogP contribution in [0, 0.1) is 5.92 Å². The number of H-pyrrole nitrogens is 1. The van der Waals surface area contributed by atoms with E-state index in [-0.39, 0.29) is 11.6 Å². The van der Waals surface area contributed by atoms with Crippen LogP contribution < -0.4 is 10.9 Å². The second kappa shape index (κ2) is 7.33. The van der Waals surface area contributed by atoms with E-state index in [0.717, 1.165) is 41.8 Å². The number of fused-ring (bicyclic) bond motifs is 3. The monoisotopic (exact) mass is 368 g/mol. The number of benzene rings is 1. The number of rotatable bonds is 5. The fourth-order valence-electron chi connectivity index (χ4n) is 3.84. The van der Waals surface area contributed by atoms with Gasteiger partial charge in [-0.05, 0) is 43.2 Å². The fourth-order valence-corrected chi connectivity index (χ4v) is 5.23. The maximum Gasteiger partial charge on any atom is 0.260 e. The predicted molar refractivity (Wildman–Crippen MR) is 107 cm³/mol. The summed E-state index contributed by atoms with van der Waals surface area (Å²) < 4.78 is 0. The number of aromatic amines is 1. The molecule has 3 N–H and O–H groups in total. The topological polar surface area (TPSA) is 62.4 Å². The molecule has 26 heavy (non-hydrogen) atoms. The number of hydrogen-bond donors (Lipinski definition) is 2. The van der Waals surface area contributed by atoms with Crippen LogP contribution in [0.1, 0.15) is 48.1 Å². The van der Waals surface area contributed by atoms with Gasteiger partial charge in [0.05, 0.1) is 11.9 Å². The average molecular weight is 369 g/mol. The maximum absolute atomic E-state index is 12.7. The summed E-state index contributed by atoms with van der Waals surface area (Å²) >= 11 is 1.72. The van der Waals surface area contributed by atoms with E-state index in [9.17, 15) is 4.79 Å². The Morgan fingerprint density at radius 2 is 2.15 bits per heavy atom. The highest BCUT2D eigenvalue weighted by molar-refractivity contribution is 7.18. The lowest BCUT2D eigenvalue weighted by molar-refractivity contribution is -0.693. The van der Waals surface area contributed by atoms with E-state index in [1.165, 1.54) is 22.4 Å². The highest BCUT2D eigenvalue weighted by Gasteiger charge is 2.24. The van der Waals surface area contributed by atoms with Gasteiger partial charge in [0.25, 0.3) is 5.56 Å². The molecule has 0 spiro atoms. The van der Waals surface area contributed by atoms with Crippen molar-refractivity contribution in [1.82, 2.24) is 9.97 Å². The van der Waals surface area contributed by atoms with Gasteiger partial charge in [0.2, 0.25) is 0 Å². The highest BCUT2D eigenvalue weighted by Crippen LogP contribution is 2.35. The van der Waals surface area contributed by atoms with Crippen molar-refractivity contribution in [3.05, 3.63) is 62.5 Å². The Morgan fingerprint density at radius 1 is 1.35 bits per heavy atom. The third kappa shape index (κ3) is 3.46. The number of nitrogens with one attached hydrogen (secondary N) is 1. The van der Waals surface area contributed by atoms with Crippen molar-refractivity contribution in [2.24, 2.45) is 5.92 Å². The Balaban J connectivity index is 1.52. The van der Waals surface area contributed by atoms with E-state index in [2.05, 4.69) is 48.4 Å². The molecule has 0 fully saturated rings. The number of aromatic nitrogens is 2. The largest absolute Gasteiger partial charge is 0.337 e. The lowest BCUT2D eigenvalue weighted by Gasteiger charge is -2.17. The molecule has 0 saturated carbocycles. The van der Waals surface area contributed by atoms with Crippen molar-refractivity contribution < 1.29 is 5.32 Å². The van der Waals surface area contributed by atoms with Crippen molar-refractivity contribution in [2.75, 3.05) is 6.54 Å². The van der Waals surface area contributed by atoms with Crippen molar-refractivity contribution in [3.8, 4) is 0 Å². The second-order valence-corrected chi connectivity index (χ2v) is 8.62. The summed E-state index contributed by atoms with van der Waals surface area (Å²) in [6, 6.07) is 10.6. The normalized spacial score (nSPS) is 18.0. The van der Waals surface area contributed by atoms with Crippen LogP contribution in [0.3, 0.4) is 0 Å². The average Bonchev–Trinajstić information content (AvgIpc) is 3.00. The van der Waals surface area contributed by atoms with Gasteiger partial charge >= 0.3 is 0 Å². The van der Waals surface area contributed by atoms with Gasteiger partial charge in [0.1, 0.15) is 10.9 Å². The molecule has 0 amide bonds. The summed E-state index contributed by atoms with van der Waals surface area (Å²) in [7, 11) is 0. The fraction of sp³-hybridized carbons (Fsp3) is 0.429. The van der Waals surface area contributed by atoms with Crippen LogP contribution in [0.4, 0.5) is 0 Å². The third-order valence-electron chi connectivity index (χ3n) is 5.41. The molecule has 0 aliphatic heterocycles. The van der Waals surface area contributed by atoms with E-state index in [1.54, 1.807) is 11.3 Å². The quantitative estimate of drug-likeness (QED) is 0.727. The molecule has 5 heteroatoms. The molecule has 136 valence electrons. The molecule has 0 radical (unpaired) electrons. The zero-order chi connectivity index (χ0) is 18.1. The number of nitrogens with zero attached hydrogens (tertiary/aromatic N) is 1. The first-order valence-corrected chi connectivity index (χ1v) is 10.3. The van der Waals surface area contributed by atoms with Crippen LogP contribution in [0.25, 0.3) is 10.2 Å². The van der Waals surface area contributed by atoms with Crippen LogP contribution in [-0.4, -0.2) is 16.5 Å². The zero-order valence-corrected chi connectivity index (χ0v) is 16.2. The summed E-state index contributed by atoms with van der Waals surface area (Å²) in [6.07, 6.45) is 4.29. The van der Waals surface area contributed by atoms with Gasteiger partial charge in [-0.1, -0.05) is 37.3 Å². The van der Waals surface area contributed by atoms with Gasteiger partial charge in [-0.2, -0.15) is 0 Å². The van der Waals surface area contributed by atoms with E-state index in [1.807, 2.05) is 6.07 Å².